The summed E-state index contributed by atoms with van der Waals surface area (Å²) in [6.45, 7) is 0.732. The smallest absolute Gasteiger partial charge is 0.251 e. The zero-order valence-electron chi connectivity index (χ0n) is 16.7. The molecule has 3 aromatic carbocycles. The maximum Gasteiger partial charge on any atom is 0.251 e. The number of amides is 1. The molecule has 0 saturated heterocycles. The molecule has 0 aromatic heterocycles. The quantitative estimate of drug-likeness (QED) is 0.550. The van der Waals surface area contributed by atoms with E-state index in [0.29, 0.717) is 16.7 Å². The number of nitrogens with zero attached hydrogens (tertiary/aromatic N) is 1. The van der Waals surface area contributed by atoms with Gasteiger partial charge >= 0.3 is 0 Å². The lowest BCUT2D eigenvalue weighted by molar-refractivity contribution is 0.0930. The zero-order chi connectivity index (χ0) is 20.4. The fraction of sp³-hybridized carbons (Fsp3) is 0.200. The minimum Gasteiger partial charge on any atom is -0.348 e. The van der Waals surface area contributed by atoms with E-state index < -0.39 is 0 Å². The molecule has 4 rings (SSSR count). The van der Waals surface area contributed by atoms with E-state index in [1.807, 2.05) is 62.6 Å². The Hall–Kier alpha value is -3.24. The van der Waals surface area contributed by atoms with Gasteiger partial charge in [-0.2, -0.15) is 0 Å². The van der Waals surface area contributed by atoms with Gasteiger partial charge in [-0.05, 0) is 49.3 Å². The summed E-state index contributed by atoms with van der Waals surface area (Å²) < 4.78 is 0. The topological polar surface area (TPSA) is 49.4 Å². The lowest BCUT2D eigenvalue weighted by Gasteiger charge is -2.23. The molecule has 146 valence electrons. The minimum atomic E-state index is -0.153. The van der Waals surface area contributed by atoms with Crippen LogP contribution in [0.1, 0.15) is 31.8 Å². The van der Waals surface area contributed by atoms with Gasteiger partial charge < -0.3 is 10.2 Å². The normalized spacial score (nSPS) is 13.1. The number of hydrogen-bond acceptors (Lipinski definition) is 3. The van der Waals surface area contributed by atoms with Crippen LogP contribution in [0.15, 0.2) is 72.8 Å². The third-order valence-electron chi connectivity index (χ3n) is 5.23. The monoisotopic (exact) mass is 384 g/mol. The summed E-state index contributed by atoms with van der Waals surface area (Å²) in [4.78, 5) is 27.8. The van der Waals surface area contributed by atoms with Gasteiger partial charge in [0.05, 0.1) is 0 Å². The van der Waals surface area contributed by atoms with Gasteiger partial charge in [-0.25, -0.2) is 0 Å². The molecule has 0 saturated carbocycles. The first-order valence-corrected chi connectivity index (χ1v) is 9.80. The molecule has 4 heteroatoms. The Kier molecular flexibility index (Phi) is 5.28. The van der Waals surface area contributed by atoms with Crippen LogP contribution in [0.4, 0.5) is 0 Å². The zero-order valence-corrected chi connectivity index (χ0v) is 16.7. The molecule has 0 bridgehead atoms. The molecule has 1 unspecified atom stereocenters. The van der Waals surface area contributed by atoms with Crippen molar-refractivity contribution in [2.45, 2.75) is 12.5 Å². The highest BCUT2D eigenvalue weighted by Crippen LogP contribution is 2.36. The van der Waals surface area contributed by atoms with Crippen LogP contribution >= 0.6 is 0 Å². The predicted molar refractivity (Wildman–Crippen MR) is 115 cm³/mol. The van der Waals surface area contributed by atoms with Crippen LogP contribution < -0.4 is 5.32 Å². The van der Waals surface area contributed by atoms with Gasteiger partial charge in [0.2, 0.25) is 0 Å². The second-order valence-corrected chi connectivity index (χ2v) is 7.76. The third kappa shape index (κ3) is 3.98. The van der Waals surface area contributed by atoms with Gasteiger partial charge in [0, 0.05) is 29.3 Å². The van der Waals surface area contributed by atoms with Crippen molar-refractivity contribution in [2.24, 2.45) is 0 Å². The molecule has 1 aliphatic rings. The van der Waals surface area contributed by atoms with Crippen molar-refractivity contribution >= 4 is 11.7 Å². The summed E-state index contributed by atoms with van der Waals surface area (Å²) in [5, 5.41) is 3.15. The van der Waals surface area contributed by atoms with Crippen LogP contribution in [-0.2, 0) is 6.42 Å². The fourth-order valence-electron chi connectivity index (χ4n) is 3.94. The molecule has 1 amide bonds. The number of carbonyl (C=O) groups is 2. The second-order valence-electron chi connectivity index (χ2n) is 7.76. The van der Waals surface area contributed by atoms with E-state index in [0.717, 1.165) is 24.1 Å². The van der Waals surface area contributed by atoms with Crippen molar-refractivity contribution in [3.63, 3.8) is 0 Å². The highest BCUT2D eigenvalue weighted by molar-refractivity contribution is 6.22. The fourth-order valence-corrected chi connectivity index (χ4v) is 3.94. The highest BCUT2D eigenvalue weighted by atomic mass is 16.1. The van der Waals surface area contributed by atoms with E-state index >= 15 is 0 Å². The van der Waals surface area contributed by atoms with E-state index in [2.05, 4.69) is 22.3 Å². The van der Waals surface area contributed by atoms with Gasteiger partial charge in [0.25, 0.3) is 5.91 Å². The lowest BCUT2D eigenvalue weighted by Crippen LogP contribution is -2.43. The van der Waals surface area contributed by atoms with Crippen molar-refractivity contribution in [1.82, 2.24) is 10.2 Å². The summed E-state index contributed by atoms with van der Waals surface area (Å²) in [6.07, 6.45) is 0.750. The standard InChI is InChI=1S/C25H24N2O2/c1-27(2)16-19(14-17-8-4-3-5-9-17)26-25(29)18-12-13-21-20-10-6-7-11-22(20)24(28)23(21)15-18/h3-13,15,19H,14,16H2,1-2H3,(H,26,29). The largest absolute Gasteiger partial charge is 0.348 e. The first-order valence-electron chi connectivity index (χ1n) is 9.80. The van der Waals surface area contributed by atoms with Crippen molar-refractivity contribution in [1.29, 1.82) is 0 Å². The molecule has 0 radical (unpaired) electrons. The number of rotatable bonds is 6. The maximum atomic E-state index is 13.0. The summed E-state index contributed by atoms with van der Waals surface area (Å²) in [5.41, 5.74) is 4.84. The van der Waals surface area contributed by atoms with Crippen LogP contribution in [0.3, 0.4) is 0 Å². The van der Waals surface area contributed by atoms with E-state index in [4.69, 9.17) is 0 Å². The molecular weight excluding hydrogens is 360 g/mol. The summed E-state index contributed by atoms with van der Waals surface area (Å²) in [5.74, 6) is -0.168. The van der Waals surface area contributed by atoms with Crippen molar-refractivity contribution in [3.8, 4) is 11.1 Å². The molecule has 1 atom stereocenters. The summed E-state index contributed by atoms with van der Waals surface area (Å²) in [7, 11) is 3.99. The van der Waals surface area contributed by atoms with Crippen molar-refractivity contribution in [2.75, 3.05) is 20.6 Å². The molecule has 0 fully saturated rings. The molecule has 3 aromatic rings. The van der Waals surface area contributed by atoms with Gasteiger partial charge in [-0.1, -0.05) is 60.7 Å². The van der Waals surface area contributed by atoms with E-state index in [1.54, 1.807) is 12.1 Å². The lowest BCUT2D eigenvalue weighted by atomic mass is 10.0. The van der Waals surface area contributed by atoms with Crippen molar-refractivity contribution in [3.05, 3.63) is 95.1 Å². The Bertz CT molecular complexity index is 1060. The maximum absolute atomic E-state index is 13.0. The molecule has 4 nitrogen and oxygen atoms in total. The predicted octanol–water partition coefficient (Wildman–Crippen LogP) is 3.80. The molecular formula is C25H24N2O2. The van der Waals surface area contributed by atoms with E-state index in [9.17, 15) is 9.59 Å². The second kappa shape index (κ2) is 8.02. The van der Waals surface area contributed by atoms with Crippen LogP contribution in [0.25, 0.3) is 11.1 Å². The average Bonchev–Trinajstić information content (AvgIpc) is 3.00. The molecule has 1 aliphatic carbocycles. The highest BCUT2D eigenvalue weighted by Gasteiger charge is 2.27. The number of nitrogens with one attached hydrogen (secondary N) is 1. The Morgan fingerprint density at radius 1 is 0.862 bits per heavy atom. The van der Waals surface area contributed by atoms with Crippen molar-refractivity contribution < 1.29 is 9.59 Å². The first kappa shape index (κ1) is 19.1. The number of carbonyl (C=O) groups excluding carboxylic acids is 2. The van der Waals surface area contributed by atoms with Gasteiger partial charge in [0.1, 0.15) is 0 Å². The first-order chi connectivity index (χ1) is 14.0. The molecule has 29 heavy (non-hydrogen) atoms. The summed E-state index contributed by atoms with van der Waals surface area (Å²) >= 11 is 0. The van der Waals surface area contributed by atoms with E-state index in [1.165, 1.54) is 5.56 Å². The van der Waals surface area contributed by atoms with Crippen LogP contribution in [-0.4, -0.2) is 43.3 Å². The summed E-state index contributed by atoms with van der Waals surface area (Å²) in [6, 6.07) is 23.1. The van der Waals surface area contributed by atoms with Crippen LogP contribution in [0, 0.1) is 0 Å². The SMILES string of the molecule is CN(C)CC(Cc1ccccc1)NC(=O)c1ccc2c(c1)C(=O)c1ccccc1-2. The van der Waals surface area contributed by atoms with Crippen LogP contribution in [0.2, 0.25) is 0 Å². The third-order valence-corrected chi connectivity index (χ3v) is 5.23. The molecule has 0 aliphatic heterocycles. The van der Waals surface area contributed by atoms with Crippen LogP contribution in [0.5, 0.6) is 0 Å². The number of benzene rings is 3. The number of ketones is 1. The molecule has 0 spiro atoms. The minimum absolute atomic E-state index is 0.0145. The Balaban J connectivity index is 1.55. The van der Waals surface area contributed by atoms with Gasteiger partial charge in [-0.15, -0.1) is 0 Å². The Morgan fingerprint density at radius 2 is 1.52 bits per heavy atom. The van der Waals surface area contributed by atoms with Gasteiger partial charge in [0.15, 0.2) is 5.78 Å². The van der Waals surface area contributed by atoms with Gasteiger partial charge in [-0.3, -0.25) is 9.59 Å². The Morgan fingerprint density at radius 3 is 2.24 bits per heavy atom. The Labute approximate surface area is 171 Å². The average molecular weight is 384 g/mol. The number of fused-ring (bicyclic) bond motifs is 3. The van der Waals surface area contributed by atoms with E-state index in [-0.39, 0.29) is 17.7 Å². The molecule has 1 N–H and O–H groups in total. The number of likely N-dealkylation sites (N-methyl/N-ethyl adjacent to an activating group) is 1. The number of hydrogen-bond donors (Lipinski definition) is 1. The molecule has 0 heterocycles.